The zero-order valence-corrected chi connectivity index (χ0v) is 17.1. The van der Waals surface area contributed by atoms with Crippen LogP contribution in [0.1, 0.15) is 26.3 Å². The fourth-order valence-corrected chi connectivity index (χ4v) is 3.12. The Labute approximate surface area is 172 Å². The van der Waals surface area contributed by atoms with Gasteiger partial charge in [-0.2, -0.15) is 5.10 Å². The smallest absolute Gasteiger partial charge is 0.280 e. The quantitative estimate of drug-likeness (QED) is 0.452. The van der Waals surface area contributed by atoms with Gasteiger partial charge in [-0.15, -0.1) is 0 Å². The molecule has 150 valence electrons. The summed E-state index contributed by atoms with van der Waals surface area (Å²) in [5.74, 6) is 0.358. The number of hydrazone groups is 1. The molecule has 5 nitrogen and oxygen atoms in total. The van der Waals surface area contributed by atoms with E-state index in [0.717, 1.165) is 29.4 Å². The first-order valence-corrected chi connectivity index (χ1v) is 9.94. The molecule has 3 rings (SSSR count). The summed E-state index contributed by atoms with van der Waals surface area (Å²) in [5, 5.41) is 6.26. The summed E-state index contributed by atoms with van der Waals surface area (Å²) < 4.78 is 5.76. The molecule has 0 radical (unpaired) electrons. The number of carbonyl (C=O) groups is 1. The highest BCUT2D eigenvalue weighted by Gasteiger charge is 2.14. The SMILES string of the molecule is CCN(CC)c1ccc(C=NNC(=O)C(C)Oc2ccc3ccccc3c2)cc1. The summed E-state index contributed by atoms with van der Waals surface area (Å²) in [5.41, 5.74) is 4.64. The van der Waals surface area contributed by atoms with Crippen LogP contribution in [-0.2, 0) is 4.79 Å². The molecule has 0 bridgehead atoms. The molecule has 0 fully saturated rings. The van der Waals surface area contributed by atoms with Crippen LogP contribution in [0.5, 0.6) is 5.75 Å². The van der Waals surface area contributed by atoms with Gasteiger partial charge in [-0.3, -0.25) is 4.79 Å². The Morgan fingerprint density at radius 1 is 1.03 bits per heavy atom. The number of rotatable bonds is 8. The summed E-state index contributed by atoms with van der Waals surface area (Å²) in [4.78, 5) is 14.5. The molecule has 0 saturated heterocycles. The molecule has 0 aliphatic heterocycles. The van der Waals surface area contributed by atoms with Crippen LogP contribution in [0.25, 0.3) is 10.8 Å². The van der Waals surface area contributed by atoms with Crippen molar-refractivity contribution in [3.8, 4) is 5.75 Å². The molecule has 5 heteroatoms. The van der Waals surface area contributed by atoms with E-state index >= 15 is 0 Å². The van der Waals surface area contributed by atoms with Crippen LogP contribution in [0.4, 0.5) is 5.69 Å². The van der Waals surface area contributed by atoms with Crippen LogP contribution in [0.15, 0.2) is 71.8 Å². The molecule has 3 aromatic carbocycles. The number of ether oxygens (including phenoxy) is 1. The first-order chi connectivity index (χ1) is 14.1. The predicted octanol–water partition coefficient (Wildman–Crippen LogP) is 4.60. The minimum atomic E-state index is -0.654. The average Bonchev–Trinajstić information content (AvgIpc) is 2.75. The number of nitrogens with zero attached hydrogens (tertiary/aromatic N) is 2. The number of benzene rings is 3. The number of anilines is 1. The summed E-state index contributed by atoms with van der Waals surface area (Å²) in [7, 11) is 0. The fraction of sp³-hybridized carbons (Fsp3) is 0.250. The van der Waals surface area contributed by atoms with Crippen LogP contribution in [0.2, 0.25) is 0 Å². The molecule has 0 heterocycles. The van der Waals surface area contributed by atoms with Crippen molar-refractivity contribution in [2.75, 3.05) is 18.0 Å². The van der Waals surface area contributed by atoms with E-state index in [1.165, 1.54) is 5.69 Å². The van der Waals surface area contributed by atoms with Crippen LogP contribution in [0, 0.1) is 0 Å². The molecule has 0 aliphatic rings. The van der Waals surface area contributed by atoms with E-state index < -0.39 is 6.10 Å². The standard InChI is InChI=1S/C24H27N3O2/c1-4-27(5-2)22-13-10-19(11-14-22)17-25-26-24(28)18(3)29-23-15-12-20-8-6-7-9-21(20)16-23/h6-18H,4-5H2,1-3H3,(H,26,28). The van der Waals surface area contributed by atoms with Crippen LogP contribution in [0.3, 0.4) is 0 Å². The maximum atomic E-state index is 12.3. The van der Waals surface area contributed by atoms with Gasteiger partial charge in [0.1, 0.15) is 5.75 Å². The average molecular weight is 389 g/mol. The summed E-state index contributed by atoms with van der Waals surface area (Å²) in [6.07, 6.45) is 0.977. The van der Waals surface area contributed by atoms with Gasteiger partial charge >= 0.3 is 0 Å². The summed E-state index contributed by atoms with van der Waals surface area (Å²) in [6.45, 7) is 7.91. The Bertz CT molecular complexity index is 979. The fourth-order valence-electron chi connectivity index (χ4n) is 3.12. The molecular weight excluding hydrogens is 362 g/mol. The molecule has 0 aromatic heterocycles. The number of nitrogens with one attached hydrogen (secondary N) is 1. The zero-order valence-electron chi connectivity index (χ0n) is 17.1. The number of fused-ring (bicyclic) bond motifs is 1. The van der Waals surface area contributed by atoms with Gasteiger partial charge in [-0.1, -0.05) is 42.5 Å². The van der Waals surface area contributed by atoms with Crippen molar-refractivity contribution in [2.45, 2.75) is 26.9 Å². The van der Waals surface area contributed by atoms with Gasteiger partial charge in [0.2, 0.25) is 0 Å². The Balaban J connectivity index is 1.55. The molecule has 1 amide bonds. The summed E-state index contributed by atoms with van der Waals surface area (Å²) >= 11 is 0. The first kappa shape index (κ1) is 20.4. The molecule has 0 spiro atoms. The predicted molar refractivity (Wildman–Crippen MR) is 120 cm³/mol. The topological polar surface area (TPSA) is 53.9 Å². The monoisotopic (exact) mass is 389 g/mol. The first-order valence-electron chi connectivity index (χ1n) is 9.94. The Morgan fingerprint density at radius 3 is 2.41 bits per heavy atom. The number of carbonyl (C=O) groups excluding carboxylic acids is 1. The lowest BCUT2D eigenvalue weighted by Crippen LogP contribution is -2.33. The highest BCUT2D eigenvalue weighted by molar-refractivity contribution is 5.85. The van der Waals surface area contributed by atoms with Gasteiger partial charge in [0.05, 0.1) is 6.21 Å². The van der Waals surface area contributed by atoms with Gasteiger partial charge in [0.25, 0.3) is 5.91 Å². The molecule has 0 aliphatic carbocycles. The third-order valence-electron chi connectivity index (χ3n) is 4.81. The second-order valence-electron chi connectivity index (χ2n) is 6.77. The molecule has 1 N–H and O–H groups in total. The van der Waals surface area contributed by atoms with E-state index in [9.17, 15) is 4.79 Å². The van der Waals surface area contributed by atoms with Crippen molar-refractivity contribution in [1.82, 2.24) is 5.43 Å². The van der Waals surface area contributed by atoms with Gasteiger partial charge in [0.15, 0.2) is 6.10 Å². The van der Waals surface area contributed by atoms with Gasteiger partial charge in [-0.05, 0) is 61.4 Å². The highest BCUT2D eigenvalue weighted by atomic mass is 16.5. The van der Waals surface area contributed by atoms with Gasteiger partial charge in [-0.25, -0.2) is 5.43 Å². The molecule has 29 heavy (non-hydrogen) atoms. The lowest BCUT2D eigenvalue weighted by Gasteiger charge is -2.20. The van der Waals surface area contributed by atoms with Crippen LogP contribution < -0.4 is 15.1 Å². The Morgan fingerprint density at radius 2 is 1.72 bits per heavy atom. The van der Waals surface area contributed by atoms with E-state index in [1.807, 2.05) is 54.6 Å². The van der Waals surface area contributed by atoms with E-state index in [2.05, 4.69) is 41.4 Å². The number of hydrogen-bond acceptors (Lipinski definition) is 4. The van der Waals surface area contributed by atoms with Crippen LogP contribution in [-0.4, -0.2) is 31.3 Å². The summed E-state index contributed by atoms with van der Waals surface area (Å²) in [6, 6.07) is 21.9. The minimum absolute atomic E-state index is 0.297. The van der Waals surface area contributed by atoms with Crippen molar-refractivity contribution < 1.29 is 9.53 Å². The minimum Gasteiger partial charge on any atom is -0.481 e. The molecule has 3 aromatic rings. The highest BCUT2D eigenvalue weighted by Crippen LogP contribution is 2.21. The van der Waals surface area contributed by atoms with Gasteiger partial charge in [0, 0.05) is 18.8 Å². The maximum Gasteiger partial charge on any atom is 0.280 e. The Kier molecular flexibility index (Phi) is 6.85. The van der Waals surface area contributed by atoms with E-state index in [0.29, 0.717) is 5.75 Å². The normalized spacial score (nSPS) is 12.1. The third kappa shape index (κ3) is 5.35. The molecule has 1 atom stereocenters. The molecule has 1 unspecified atom stereocenters. The van der Waals surface area contributed by atoms with Crippen LogP contribution >= 0.6 is 0 Å². The van der Waals surface area contributed by atoms with E-state index in [4.69, 9.17) is 4.74 Å². The zero-order chi connectivity index (χ0) is 20.6. The third-order valence-corrected chi connectivity index (χ3v) is 4.81. The van der Waals surface area contributed by atoms with E-state index in [-0.39, 0.29) is 5.91 Å². The van der Waals surface area contributed by atoms with Crippen molar-refractivity contribution >= 4 is 28.6 Å². The lowest BCUT2D eigenvalue weighted by molar-refractivity contribution is -0.127. The maximum absolute atomic E-state index is 12.3. The number of hydrogen-bond donors (Lipinski definition) is 1. The molecule has 0 saturated carbocycles. The Hall–Kier alpha value is -3.34. The van der Waals surface area contributed by atoms with Crippen molar-refractivity contribution in [1.29, 1.82) is 0 Å². The largest absolute Gasteiger partial charge is 0.481 e. The number of amides is 1. The van der Waals surface area contributed by atoms with Crippen molar-refractivity contribution in [2.24, 2.45) is 5.10 Å². The van der Waals surface area contributed by atoms with Gasteiger partial charge < -0.3 is 9.64 Å². The lowest BCUT2D eigenvalue weighted by atomic mass is 10.1. The van der Waals surface area contributed by atoms with Crippen molar-refractivity contribution in [3.63, 3.8) is 0 Å². The second kappa shape index (κ2) is 9.73. The second-order valence-corrected chi connectivity index (χ2v) is 6.77. The van der Waals surface area contributed by atoms with Crippen molar-refractivity contribution in [3.05, 3.63) is 72.3 Å². The molecular formula is C24H27N3O2. The van der Waals surface area contributed by atoms with E-state index in [1.54, 1.807) is 13.1 Å².